The van der Waals surface area contributed by atoms with Crippen molar-refractivity contribution in [3.8, 4) is 0 Å². The summed E-state index contributed by atoms with van der Waals surface area (Å²) in [6.45, 7) is 0. The van der Waals surface area contributed by atoms with Crippen molar-refractivity contribution in [1.82, 2.24) is 10.2 Å². The Morgan fingerprint density at radius 2 is 2.00 bits per heavy atom. The first-order valence-electron chi connectivity index (χ1n) is 6.11. The highest BCUT2D eigenvalue weighted by molar-refractivity contribution is 7.80. The highest BCUT2D eigenvalue weighted by atomic mass is 32.1. The summed E-state index contributed by atoms with van der Waals surface area (Å²) in [5.41, 5.74) is 0.577. The highest BCUT2D eigenvalue weighted by Gasteiger charge is 2.53. The number of carbonyl (C=O) groups excluding carboxylic acids is 1. The molecule has 0 aliphatic heterocycles. The molecule has 0 heterocycles. The van der Waals surface area contributed by atoms with Gasteiger partial charge in [-0.25, -0.2) is 0 Å². The van der Waals surface area contributed by atoms with Gasteiger partial charge in [0.1, 0.15) is 0 Å². The van der Waals surface area contributed by atoms with E-state index in [0.717, 1.165) is 6.04 Å². The zero-order valence-corrected chi connectivity index (χ0v) is 11.1. The minimum atomic E-state index is 0.165. The minimum absolute atomic E-state index is 0.165. The molecule has 1 amide bonds. The zero-order chi connectivity index (χ0) is 11.8. The van der Waals surface area contributed by atoms with Crippen LogP contribution in [0.1, 0.15) is 32.1 Å². The van der Waals surface area contributed by atoms with Gasteiger partial charge >= 0.3 is 0 Å². The van der Waals surface area contributed by atoms with Crippen LogP contribution >= 0.6 is 12.6 Å². The van der Waals surface area contributed by atoms with Crippen molar-refractivity contribution in [1.29, 1.82) is 0 Å². The normalized spacial score (nSPS) is 37.0. The summed E-state index contributed by atoms with van der Waals surface area (Å²) in [6.07, 6.45) is 5.57. The van der Waals surface area contributed by atoms with Crippen molar-refractivity contribution in [3.63, 3.8) is 0 Å². The molecule has 0 aromatic carbocycles. The van der Waals surface area contributed by atoms with E-state index in [4.69, 9.17) is 0 Å². The number of amides is 1. The summed E-state index contributed by atoms with van der Waals surface area (Å²) in [7, 11) is 4.31. The summed E-state index contributed by atoms with van der Waals surface area (Å²) in [6, 6.07) is 1.21. The third-order valence-electron chi connectivity index (χ3n) is 4.13. The molecule has 2 rings (SSSR count). The quantitative estimate of drug-likeness (QED) is 0.728. The second-order valence-corrected chi connectivity index (χ2v) is 6.12. The van der Waals surface area contributed by atoms with E-state index < -0.39 is 0 Å². The standard InChI is InChI=1S/C12H22N2OS/c1-14(2)10-7-12(8-10)5-9(6-12)13-11(15)3-4-16/h9-10,16H,3-8H2,1-2H3,(H,13,15). The predicted molar refractivity (Wildman–Crippen MR) is 68.8 cm³/mol. The van der Waals surface area contributed by atoms with Gasteiger partial charge in [0.15, 0.2) is 0 Å². The van der Waals surface area contributed by atoms with Crippen LogP contribution in [0.3, 0.4) is 0 Å². The second kappa shape index (κ2) is 4.57. The molecule has 0 radical (unpaired) electrons. The van der Waals surface area contributed by atoms with Crippen molar-refractivity contribution >= 4 is 18.5 Å². The van der Waals surface area contributed by atoms with Gasteiger partial charge in [-0.15, -0.1) is 0 Å². The maximum atomic E-state index is 11.4. The molecule has 1 N–H and O–H groups in total. The first kappa shape index (κ1) is 12.2. The lowest BCUT2D eigenvalue weighted by molar-refractivity contribution is -0.125. The van der Waals surface area contributed by atoms with Gasteiger partial charge in [0.25, 0.3) is 0 Å². The van der Waals surface area contributed by atoms with Crippen LogP contribution in [-0.2, 0) is 4.79 Å². The van der Waals surface area contributed by atoms with E-state index >= 15 is 0 Å². The largest absolute Gasteiger partial charge is 0.353 e. The molecule has 0 bridgehead atoms. The molecule has 0 saturated heterocycles. The van der Waals surface area contributed by atoms with Crippen molar-refractivity contribution in [2.45, 2.75) is 44.2 Å². The molecule has 2 fully saturated rings. The molecule has 2 aliphatic rings. The molecular weight excluding hydrogens is 220 g/mol. The van der Waals surface area contributed by atoms with E-state index in [2.05, 4.69) is 36.9 Å². The number of hydrogen-bond donors (Lipinski definition) is 2. The maximum Gasteiger partial charge on any atom is 0.221 e. The topological polar surface area (TPSA) is 32.3 Å². The van der Waals surface area contributed by atoms with Gasteiger partial charge in [-0.05, 0) is 50.9 Å². The maximum absolute atomic E-state index is 11.4. The lowest BCUT2D eigenvalue weighted by Gasteiger charge is -2.59. The summed E-state index contributed by atoms with van der Waals surface area (Å²) in [4.78, 5) is 13.7. The Labute approximate surface area is 103 Å². The third kappa shape index (κ3) is 2.38. The summed E-state index contributed by atoms with van der Waals surface area (Å²) < 4.78 is 0. The zero-order valence-electron chi connectivity index (χ0n) is 10.2. The van der Waals surface area contributed by atoms with Crippen molar-refractivity contribution in [2.24, 2.45) is 5.41 Å². The molecule has 1 spiro atoms. The number of hydrogen-bond acceptors (Lipinski definition) is 3. The Morgan fingerprint density at radius 1 is 1.38 bits per heavy atom. The lowest BCUT2D eigenvalue weighted by atomic mass is 9.52. The van der Waals surface area contributed by atoms with Crippen LogP contribution in [0.25, 0.3) is 0 Å². The fourth-order valence-corrected chi connectivity index (χ4v) is 3.33. The number of rotatable bonds is 4. The molecular formula is C12H22N2OS. The first-order valence-corrected chi connectivity index (χ1v) is 6.74. The molecule has 0 aromatic heterocycles. The predicted octanol–water partition coefficient (Wildman–Crippen LogP) is 1.30. The Hall–Kier alpha value is -0.220. The van der Waals surface area contributed by atoms with Gasteiger partial charge < -0.3 is 10.2 Å². The smallest absolute Gasteiger partial charge is 0.221 e. The fraction of sp³-hybridized carbons (Fsp3) is 0.917. The Balaban J connectivity index is 1.66. The fourth-order valence-electron chi connectivity index (χ4n) is 3.13. The van der Waals surface area contributed by atoms with Crippen LogP contribution in [0.15, 0.2) is 0 Å². The molecule has 4 heteroatoms. The Morgan fingerprint density at radius 3 is 2.50 bits per heavy atom. The monoisotopic (exact) mass is 242 g/mol. The van der Waals surface area contributed by atoms with Crippen molar-refractivity contribution in [3.05, 3.63) is 0 Å². The molecule has 16 heavy (non-hydrogen) atoms. The van der Waals surface area contributed by atoms with Crippen LogP contribution < -0.4 is 5.32 Å². The van der Waals surface area contributed by atoms with Crippen LogP contribution in [0.4, 0.5) is 0 Å². The Kier molecular flexibility index (Phi) is 3.50. The highest BCUT2D eigenvalue weighted by Crippen LogP contribution is 2.56. The third-order valence-corrected chi connectivity index (χ3v) is 4.35. The van der Waals surface area contributed by atoms with Gasteiger partial charge in [0.2, 0.25) is 5.91 Å². The number of nitrogens with one attached hydrogen (secondary N) is 1. The van der Waals surface area contributed by atoms with E-state index in [1.165, 1.54) is 25.7 Å². The first-order chi connectivity index (χ1) is 7.54. The average Bonchev–Trinajstić information content (AvgIpc) is 2.06. The van der Waals surface area contributed by atoms with E-state index in [0.29, 0.717) is 23.6 Å². The molecule has 92 valence electrons. The summed E-state index contributed by atoms with van der Waals surface area (Å²) in [5, 5.41) is 3.08. The number of nitrogens with zero attached hydrogens (tertiary/aromatic N) is 1. The van der Waals surface area contributed by atoms with Crippen molar-refractivity contribution in [2.75, 3.05) is 19.8 Å². The number of carbonyl (C=O) groups is 1. The van der Waals surface area contributed by atoms with Gasteiger partial charge in [0, 0.05) is 18.5 Å². The molecule has 0 atom stereocenters. The summed E-state index contributed by atoms with van der Waals surface area (Å²) in [5.74, 6) is 0.810. The average molecular weight is 242 g/mol. The second-order valence-electron chi connectivity index (χ2n) is 5.67. The minimum Gasteiger partial charge on any atom is -0.353 e. The molecule has 0 unspecified atom stereocenters. The van der Waals surface area contributed by atoms with Crippen LogP contribution in [0.5, 0.6) is 0 Å². The number of thiol groups is 1. The molecule has 2 aliphatic carbocycles. The Bertz CT molecular complexity index is 266. The van der Waals surface area contributed by atoms with E-state index in [-0.39, 0.29) is 5.91 Å². The summed E-state index contributed by atoms with van der Waals surface area (Å²) >= 11 is 4.06. The SMILES string of the molecule is CN(C)C1CC2(CC(NC(=O)CCS)C2)C1. The molecule has 2 saturated carbocycles. The van der Waals surface area contributed by atoms with E-state index in [1.54, 1.807) is 0 Å². The van der Waals surface area contributed by atoms with Crippen molar-refractivity contribution < 1.29 is 4.79 Å². The van der Waals surface area contributed by atoms with E-state index in [1.807, 2.05) is 0 Å². The van der Waals surface area contributed by atoms with Gasteiger partial charge in [-0.1, -0.05) is 0 Å². The van der Waals surface area contributed by atoms with Gasteiger partial charge in [-0.2, -0.15) is 12.6 Å². The van der Waals surface area contributed by atoms with E-state index in [9.17, 15) is 4.79 Å². The van der Waals surface area contributed by atoms with Crippen LogP contribution in [-0.4, -0.2) is 42.7 Å². The van der Waals surface area contributed by atoms with Crippen LogP contribution in [0, 0.1) is 5.41 Å². The lowest BCUT2D eigenvalue weighted by Crippen LogP contribution is -2.60. The molecule has 0 aromatic rings. The van der Waals surface area contributed by atoms with Gasteiger partial charge in [-0.3, -0.25) is 4.79 Å². The van der Waals surface area contributed by atoms with Gasteiger partial charge in [0.05, 0.1) is 0 Å². The van der Waals surface area contributed by atoms with Crippen LogP contribution in [0.2, 0.25) is 0 Å². The molecule has 3 nitrogen and oxygen atoms in total.